The lowest BCUT2D eigenvalue weighted by molar-refractivity contribution is -0.125. The Morgan fingerprint density at radius 1 is 1.27 bits per heavy atom. The van der Waals surface area contributed by atoms with Gasteiger partial charge in [-0.25, -0.2) is 18.2 Å². The molecule has 0 bridgehead atoms. The van der Waals surface area contributed by atoms with Crippen LogP contribution in [0.4, 0.5) is 10.5 Å². The summed E-state index contributed by atoms with van der Waals surface area (Å²) in [5.41, 5.74) is 6.23. The first-order valence-corrected chi connectivity index (χ1v) is 11.7. The van der Waals surface area contributed by atoms with E-state index in [9.17, 15) is 18.0 Å². The zero-order valence-corrected chi connectivity index (χ0v) is 17.4. The molecular formula is C19H24N6O4S. The minimum absolute atomic E-state index is 0.131. The number of nitrogens with two attached hydrogens (primary N) is 1. The number of hydrogen-bond donors (Lipinski definition) is 2. The first kappa shape index (κ1) is 20.4. The van der Waals surface area contributed by atoms with Crippen molar-refractivity contribution in [1.82, 2.24) is 19.8 Å². The number of anilines is 1. The minimum atomic E-state index is -3.12. The van der Waals surface area contributed by atoms with E-state index in [1.54, 1.807) is 22.2 Å². The van der Waals surface area contributed by atoms with Gasteiger partial charge in [-0.1, -0.05) is 0 Å². The van der Waals surface area contributed by atoms with Gasteiger partial charge in [0, 0.05) is 36.6 Å². The number of amides is 3. The third kappa shape index (κ3) is 3.54. The number of carbonyl (C=O) groups excluding carboxylic acids is 2. The summed E-state index contributed by atoms with van der Waals surface area (Å²) in [4.78, 5) is 32.4. The zero-order chi connectivity index (χ0) is 21.5. The number of sulfone groups is 1. The van der Waals surface area contributed by atoms with Crippen LogP contribution in [0.1, 0.15) is 18.7 Å². The molecule has 0 spiro atoms. The Bertz CT molecular complexity index is 1080. The zero-order valence-electron chi connectivity index (χ0n) is 16.6. The standard InChI is InChI=1S/C19H24N6O4S/c1-30(28,29)13-21-11-16-22-8-10-23(16)14-3-5-15(6-4-14)24-12-19(17(20)26)7-2-9-25(19)18(24)27/h3-6,8,10,21H,2,7,9,11-13H2,1H3,(H2,20,26)/t19-/m1/s1. The first-order valence-electron chi connectivity index (χ1n) is 9.61. The predicted octanol–water partition coefficient (Wildman–Crippen LogP) is 0.224. The number of rotatable bonds is 7. The van der Waals surface area contributed by atoms with Gasteiger partial charge in [0.1, 0.15) is 11.4 Å². The molecule has 2 aliphatic heterocycles. The Hall–Kier alpha value is -2.92. The summed E-state index contributed by atoms with van der Waals surface area (Å²) in [6, 6.07) is 7.14. The molecule has 3 amide bonds. The third-order valence-electron chi connectivity index (χ3n) is 5.63. The molecule has 2 fully saturated rings. The van der Waals surface area contributed by atoms with E-state index >= 15 is 0 Å². The number of hydrogen-bond acceptors (Lipinski definition) is 6. The van der Waals surface area contributed by atoms with E-state index in [0.29, 0.717) is 31.0 Å². The number of urea groups is 1. The molecule has 160 valence electrons. The summed E-state index contributed by atoms with van der Waals surface area (Å²) >= 11 is 0. The average molecular weight is 433 g/mol. The highest BCUT2D eigenvalue weighted by Crippen LogP contribution is 2.38. The number of primary amides is 1. The van der Waals surface area contributed by atoms with Crippen molar-refractivity contribution in [3.8, 4) is 5.69 Å². The fraction of sp³-hybridized carbons (Fsp3) is 0.421. The maximum absolute atomic E-state index is 12.8. The molecule has 1 aromatic carbocycles. The first-order chi connectivity index (χ1) is 14.2. The van der Waals surface area contributed by atoms with E-state index < -0.39 is 21.3 Å². The van der Waals surface area contributed by atoms with Crippen LogP contribution in [0, 0.1) is 0 Å². The van der Waals surface area contributed by atoms with Crippen molar-refractivity contribution in [2.75, 3.05) is 30.1 Å². The lowest BCUT2D eigenvalue weighted by Gasteiger charge is -2.25. The summed E-state index contributed by atoms with van der Waals surface area (Å²) in [5.74, 6) is 0.0719. The van der Waals surface area contributed by atoms with Crippen LogP contribution in [-0.4, -0.2) is 65.6 Å². The molecule has 3 N–H and O–H groups in total. The Balaban J connectivity index is 1.52. The largest absolute Gasteiger partial charge is 0.368 e. The molecule has 10 nitrogen and oxygen atoms in total. The number of carbonyl (C=O) groups is 2. The van der Waals surface area contributed by atoms with Crippen molar-refractivity contribution in [1.29, 1.82) is 0 Å². The van der Waals surface area contributed by atoms with Gasteiger partial charge in [-0.15, -0.1) is 0 Å². The molecule has 0 radical (unpaired) electrons. The minimum Gasteiger partial charge on any atom is -0.368 e. The number of imidazole rings is 1. The molecule has 2 aromatic rings. The monoisotopic (exact) mass is 432 g/mol. The molecule has 2 saturated heterocycles. The van der Waals surface area contributed by atoms with Gasteiger partial charge in [-0.05, 0) is 37.1 Å². The molecule has 3 heterocycles. The lowest BCUT2D eigenvalue weighted by atomic mass is 9.96. The van der Waals surface area contributed by atoms with Gasteiger partial charge in [0.15, 0.2) is 9.84 Å². The Labute approximate surface area is 174 Å². The summed E-state index contributed by atoms with van der Waals surface area (Å²) in [6.45, 7) is 1.09. The topological polar surface area (TPSA) is 131 Å². The van der Waals surface area contributed by atoms with E-state index in [1.165, 1.54) is 0 Å². The van der Waals surface area contributed by atoms with E-state index in [0.717, 1.165) is 18.4 Å². The SMILES string of the molecule is CS(=O)(=O)CNCc1nccn1-c1ccc(N2C[C@@]3(C(N)=O)CCCN3C2=O)cc1. The van der Waals surface area contributed by atoms with Gasteiger partial charge in [-0.3, -0.25) is 15.0 Å². The highest BCUT2D eigenvalue weighted by molar-refractivity contribution is 7.90. The fourth-order valence-electron chi connectivity index (χ4n) is 4.17. The van der Waals surface area contributed by atoms with Gasteiger partial charge in [0.2, 0.25) is 5.91 Å². The van der Waals surface area contributed by atoms with Crippen LogP contribution < -0.4 is 16.0 Å². The van der Waals surface area contributed by atoms with Crippen LogP contribution >= 0.6 is 0 Å². The van der Waals surface area contributed by atoms with Gasteiger partial charge < -0.3 is 15.2 Å². The van der Waals surface area contributed by atoms with Crippen LogP contribution in [0.5, 0.6) is 0 Å². The second-order valence-electron chi connectivity index (χ2n) is 7.75. The number of fused-ring (bicyclic) bond motifs is 1. The molecule has 30 heavy (non-hydrogen) atoms. The molecule has 1 atom stereocenters. The highest BCUT2D eigenvalue weighted by atomic mass is 32.2. The number of nitrogens with one attached hydrogen (secondary N) is 1. The maximum Gasteiger partial charge on any atom is 0.325 e. The van der Waals surface area contributed by atoms with E-state index in [4.69, 9.17) is 5.73 Å². The maximum atomic E-state index is 12.8. The fourth-order valence-corrected chi connectivity index (χ4v) is 4.65. The van der Waals surface area contributed by atoms with Gasteiger partial charge >= 0.3 is 6.03 Å². The Kier molecular flexibility index (Phi) is 5.02. The van der Waals surface area contributed by atoms with Gasteiger partial charge in [0.05, 0.1) is 19.0 Å². The molecule has 4 rings (SSSR count). The molecule has 1 aromatic heterocycles. The molecular weight excluding hydrogens is 408 g/mol. The number of benzene rings is 1. The van der Waals surface area contributed by atoms with Crippen molar-refractivity contribution >= 4 is 27.5 Å². The van der Waals surface area contributed by atoms with Crippen molar-refractivity contribution in [3.05, 3.63) is 42.5 Å². The van der Waals surface area contributed by atoms with E-state index in [1.807, 2.05) is 28.8 Å². The summed E-state index contributed by atoms with van der Waals surface area (Å²) < 4.78 is 24.4. The average Bonchev–Trinajstić information content (AvgIpc) is 3.37. The highest BCUT2D eigenvalue weighted by Gasteiger charge is 2.56. The van der Waals surface area contributed by atoms with Crippen LogP contribution in [0.2, 0.25) is 0 Å². The number of aromatic nitrogens is 2. The lowest BCUT2D eigenvalue weighted by Crippen LogP contribution is -2.52. The predicted molar refractivity (Wildman–Crippen MR) is 111 cm³/mol. The molecule has 0 aliphatic carbocycles. The Morgan fingerprint density at radius 2 is 1.97 bits per heavy atom. The molecule has 11 heteroatoms. The van der Waals surface area contributed by atoms with Crippen LogP contribution in [0.3, 0.4) is 0 Å². The van der Waals surface area contributed by atoms with Crippen LogP contribution in [-0.2, 0) is 21.2 Å². The normalized spacial score (nSPS) is 21.3. The Morgan fingerprint density at radius 3 is 2.60 bits per heavy atom. The van der Waals surface area contributed by atoms with Gasteiger partial charge in [0.25, 0.3) is 0 Å². The van der Waals surface area contributed by atoms with Crippen molar-refractivity contribution in [2.24, 2.45) is 5.73 Å². The van der Waals surface area contributed by atoms with Crippen molar-refractivity contribution in [3.63, 3.8) is 0 Å². The van der Waals surface area contributed by atoms with Crippen molar-refractivity contribution in [2.45, 2.75) is 24.9 Å². The third-order valence-corrected chi connectivity index (χ3v) is 6.36. The molecule has 2 aliphatic rings. The quantitative estimate of drug-likeness (QED) is 0.644. The van der Waals surface area contributed by atoms with Crippen LogP contribution in [0.15, 0.2) is 36.7 Å². The summed E-state index contributed by atoms with van der Waals surface area (Å²) in [7, 11) is -3.12. The van der Waals surface area contributed by atoms with E-state index in [-0.39, 0.29) is 18.5 Å². The molecule has 0 unspecified atom stereocenters. The smallest absolute Gasteiger partial charge is 0.325 e. The van der Waals surface area contributed by atoms with Crippen molar-refractivity contribution < 1.29 is 18.0 Å². The van der Waals surface area contributed by atoms with Crippen LogP contribution in [0.25, 0.3) is 5.69 Å². The molecule has 0 saturated carbocycles. The van der Waals surface area contributed by atoms with E-state index in [2.05, 4.69) is 10.3 Å². The second kappa shape index (κ2) is 7.40. The summed E-state index contributed by atoms with van der Waals surface area (Å²) in [6.07, 6.45) is 5.95. The van der Waals surface area contributed by atoms with Gasteiger partial charge in [-0.2, -0.15) is 0 Å². The number of nitrogens with zero attached hydrogens (tertiary/aromatic N) is 4. The second-order valence-corrected chi connectivity index (χ2v) is 9.89. The summed E-state index contributed by atoms with van der Waals surface area (Å²) in [5, 5.41) is 2.86.